The van der Waals surface area contributed by atoms with E-state index in [1.165, 1.54) is 6.33 Å². The molecule has 0 aromatic carbocycles. The zero-order valence-corrected chi connectivity index (χ0v) is 11.2. The number of aliphatic hydroxyl groups is 1. The Bertz CT molecular complexity index is 411. The van der Waals surface area contributed by atoms with E-state index in [0.717, 1.165) is 0 Å². The van der Waals surface area contributed by atoms with Crippen LogP contribution in [0.15, 0.2) is 15.6 Å². The van der Waals surface area contributed by atoms with Crippen LogP contribution in [0.4, 0.5) is 5.82 Å². The molecule has 0 amide bonds. The van der Waals surface area contributed by atoms with Gasteiger partial charge in [0.15, 0.2) is 0 Å². The van der Waals surface area contributed by atoms with Crippen molar-refractivity contribution in [2.24, 2.45) is 0 Å². The van der Waals surface area contributed by atoms with Crippen molar-refractivity contribution in [3.63, 3.8) is 0 Å². The van der Waals surface area contributed by atoms with Gasteiger partial charge in [-0.05, 0) is 36.7 Å². The van der Waals surface area contributed by atoms with E-state index in [-0.39, 0.29) is 5.56 Å². The number of rotatable bonds is 4. The summed E-state index contributed by atoms with van der Waals surface area (Å²) in [6.45, 7) is 6.46. The van der Waals surface area contributed by atoms with Gasteiger partial charge < -0.3 is 15.0 Å². The van der Waals surface area contributed by atoms with E-state index in [2.05, 4.69) is 25.9 Å². The van der Waals surface area contributed by atoms with Crippen molar-refractivity contribution in [2.45, 2.75) is 26.4 Å². The fraction of sp³-hybridized carbons (Fsp3) is 0.600. The second-order valence-corrected chi connectivity index (χ2v) is 4.99. The summed E-state index contributed by atoms with van der Waals surface area (Å²) >= 11 is 3.20. The van der Waals surface area contributed by atoms with Crippen molar-refractivity contribution >= 4 is 21.7 Å². The van der Waals surface area contributed by atoms with Crippen molar-refractivity contribution in [1.29, 1.82) is 0 Å². The molecule has 0 bridgehead atoms. The second kappa shape index (κ2) is 4.97. The highest BCUT2D eigenvalue weighted by molar-refractivity contribution is 9.10. The van der Waals surface area contributed by atoms with Gasteiger partial charge in [-0.25, -0.2) is 4.98 Å². The lowest BCUT2D eigenvalue weighted by Gasteiger charge is -2.29. The third kappa shape index (κ3) is 3.31. The molecule has 0 aliphatic carbocycles. The van der Waals surface area contributed by atoms with E-state index in [0.29, 0.717) is 23.4 Å². The molecule has 0 unspecified atom stereocenters. The summed E-state index contributed by atoms with van der Waals surface area (Å²) in [5, 5.41) is 9.77. The number of hydrogen-bond acceptors (Lipinski definition) is 4. The Morgan fingerprint density at radius 2 is 2.25 bits per heavy atom. The molecular formula is C10H16BrN3O2. The molecule has 0 saturated carbocycles. The van der Waals surface area contributed by atoms with E-state index in [9.17, 15) is 9.90 Å². The number of aromatic nitrogens is 2. The molecule has 0 atom stereocenters. The van der Waals surface area contributed by atoms with Gasteiger partial charge in [-0.3, -0.25) is 4.79 Å². The van der Waals surface area contributed by atoms with Crippen LogP contribution >= 0.6 is 15.9 Å². The number of nitrogens with zero attached hydrogens (tertiary/aromatic N) is 2. The molecule has 0 fully saturated rings. The number of halogens is 1. The third-order valence-electron chi connectivity index (χ3n) is 2.04. The molecule has 6 heteroatoms. The van der Waals surface area contributed by atoms with Gasteiger partial charge in [0.05, 0.1) is 11.9 Å². The molecule has 0 radical (unpaired) electrons. The Labute approximate surface area is 103 Å². The van der Waals surface area contributed by atoms with Gasteiger partial charge in [-0.2, -0.15) is 0 Å². The molecule has 1 rings (SSSR count). The van der Waals surface area contributed by atoms with Crippen LogP contribution in [0.25, 0.3) is 0 Å². The van der Waals surface area contributed by atoms with Crippen LogP contribution in [0.3, 0.4) is 0 Å². The molecule has 1 heterocycles. The molecule has 0 aliphatic rings. The monoisotopic (exact) mass is 289 g/mol. The summed E-state index contributed by atoms with van der Waals surface area (Å²) < 4.78 is 0.390. The van der Waals surface area contributed by atoms with Crippen LogP contribution in [-0.2, 0) is 0 Å². The van der Waals surface area contributed by atoms with E-state index < -0.39 is 5.60 Å². The first-order valence-corrected chi connectivity index (χ1v) is 5.85. The first-order valence-electron chi connectivity index (χ1n) is 5.05. The predicted molar refractivity (Wildman–Crippen MR) is 66.7 cm³/mol. The van der Waals surface area contributed by atoms with Gasteiger partial charge in [0.25, 0.3) is 5.56 Å². The first-order chi connectivity index (χ1) is 7.35. The van der Waals surface area contributed by atoms with Crippen molar-refractivity contribution < 1.29 is 5.11 Å². The standard InChI is InChI=1S/C10H16BrN3O2/c1-4-14(5-10(2,3)16)8-7(11)9(15)13-6-12-8/h6,16H,4-5H2,1-3H3,(H,12,13,15). The van der Waals surface area contributed by atoms with Crippen LogP contribution in [0.1, 0.15) is 20.8 Å². The van der Waals surface area contributed by atoms with Crippen LogP contribution in [0.5, 0.6) is 0 Å². The normalized spacial score (nSPS) is 11.6. The van der Waals surface area contributed by atoms with Crippen molar-refractivity contribution in [3.8, 4) is 0 Å². The van der Waals surface area contributed by atoms with Crippen LogP contribution in [0, 0.1) is 0 Å². The number of likely N-dealkylation sites (N-methyl/N-ethyl adjacent to an activating group) is 1. The summed E-state index contributed by atoms with van der Waals surface area (Å²) in [5.74, 6) is 0.549. The molecule has 0 spiro atoms. The number of aromatic amines is 1. The summed E-state index contributed by atoms with van der Waals surface area (Å²) in [4.78, 5) is 19.8. The minimum absolute atomic E-state index is 0.223. The molecular weight excluding hydrogens is 274 g/mol. The molecule has 16 heavy (non-hydrogen) atoms. The highest BCUT2D eigenvalue weighted by atomic mass is 79.9. The maximum Gasteiger partial charge on any atom is 0.267 e. The molecule has 0 aliphatic heterocycles. The van der Waals surface area contributed by atoms with Gasteiger partial charge in [0.2, 0.25) is 0 Å². The first kappa shape index (κ1) is 13.2. The Morgan fingerprint density at radius 3 is 2.75 bits per heavy atom. The Hall–Kier alpha value is -0.880. The predicted octanol–water partition coefficient (Wildman–Crippen LogP) is 1.13. The Balaban J connectivity index is 3.05. The molecule has 1 aromatic rings. The minimum Gasteiger partial charge on any atom is -0.389 e. The van der Waals surface area contributed by atoms with Gasteiger partial charge in [-0.15, -0.1) is 0 Å². The fourth-order valence-corrected chi connectivity index (χ4v) is 1.87. The maximum atomic E-state index is 11.4. The third-order valence-corrected chi connectivity index (χ3v) is 2.75. The maximum absolute atomic E-state index is 11.4. The molecule has 90 valence electrons. The lowest BCUT2D eigenvalue weighted by atomic mass is 10.1. The van der Waals surface area contributed by atoms with Gasteiger partial charge in [-0.1, -0.05) is 0 Å². The van der Waals surface area contributed by atoms with Crippen LogP contribution in [0.2, 0.25) is 0 Å². The van der Waals surface area contributed by atoms with Crippen molar-refractivity contribution in [3.05, 3.63) is 21.2 Å². The molecule has 1 aromatic heterocycles. The number of nitrogens with one attached hydrogen (secondary N) is 1. The minimum atomic E-state index is -0.834. The lowest BCUT2D eigenvalue weighted by molar-refractivity contribution is 0.0874. The van der Waals surface area contributed by atoms with Gasteiger partial charge >= 0.3 is 0 Å². The number of anilines is 1. The largest absolute Gasteiger partial charge is 0.389 e. The Kier molecular flexibility index (Phi) is 4.09. The average Bonchev–Trinajstić information content (AvgIpc) is 2.18. The highest BCUT2D eigenvalue weighted by Gasteiger charge is 2.20. The summed E-state index contributed by atoms with van der Waals surface area (Å²) in [5.41, 5.74) is -1.06. The zero-order valence-electron chi connectivity index (χ0n) is 9.62. The fourth-order valence-electron chi connectivity index (χ4n) is 1.40. The summed E-state index contributed by atoms with van der Waals surface area (Å²) in [6.07, 6.45) is 1.36. The average molecular weight is 290 g/mol. The van der Waals surface area contributed by atoms with E-state index in [1.54, 1.807) is 13.8 Å². The molecule has 2 N–H and O–H groups in total. The SMILES string of the molecule is CCN(CC(C)(C)O)c1nc[nH]c(=O)c1Br. The Morgan fingerprint density at radius 1 is 1.62 bits per heavy atom. The molecule has 5 nitrogen and oxygen atoms in total. The quantitative estimate of drug-likeness (QED) is 0.872. The van der Waals surface area contributed by atoms with Gasteiger partial charge in [0.1, 0.15) is 10.3 Å². The van der Waals surface area contributed by atoms with E-state index >= 15 is 0 Å². The highest BCUT2D eigenvalue weighted by Crippen LogP contribution is 2.20. The van der Waals surface area contributed by atoms with Crippen molar-refractivity contribution in [2.75, 3.05) is 18.0 Å². The smallest absolute Gasteiger partial charge is 0.267 e. The second-order valence-electron chi connectivity index (χ2n) is 4.20. The molecule has 0 saturated heterocycles. The zero-order chi connectivity index (χ0) is 12.3. The van der Waals surface area contributed by atoms with Crippen molar-refractivity contribution in [1.82, 2.24) is 9.97 Å². The lowest BCUT2D eigenvalue weighted by Crippen LogP contribution is -2.39. The van der Waals surface area contributed by atoms with E-state index in [4.69, 9.17) is 0 Å². The van der Waals surface area contributed by atoms with E-state index in [1.807, 2.05) is 11.8 Å². The van der Waals surface area contributed by atoms with Gasteiger partial charge in [0, 0.05) is 13.1 Å². The number of H-pyrrole nitrogens is 1. The number of hydrogen-bond donors (Lipinski definition) is 2. The summed E-state index contributed by atoms with van der Waals surface area (Å²) in [6, 6.07) is 0. The summed E-state index contributed by atoms with van der Waals surface area (Å²) in [7, 11) is 0. The van der Waals surface area contributed by atoms with Crippen LogP contribution < -0.4 is 10.5 Å². The van der Waals surface area contributed by atoms with Crippen LogP contribution in [-0.4, -0.2) is 33.8 Å². The topological polar surface area (TPSA) is 69.2 Å².